The van der Waals surface area contributed by atoms with Gasteiger partial charge in [0.2, 0.25) is 0 Å². The number of nitrogens with zero attached hydrogens (tertiary/aromatic N) is 2. The Labute approximate surface area is 129 Å². The standard InChI is InChI=1S/C18H15ClN2/c19-17-8-6-15(7-9-17)18-5-2-1-4-16(18)14-21-12-3-10-20-11-13-21/h1-13H,14H2. The van der Waals surface area contributed by atoms with Crippen LogP contribution < -0.4 is 0 Å². The third-order valence-electron chi connectivity index (χ3n) is 3.32. The van der Waals surface area contributed by atoms with E-state index < -0.39 is 0 Å². The molecule has 0 atom stereocenters. The van der Waals surface area contributed by atoms with Gasteiger partial charge < -0.3 is 4.90 Å². The highest BCUT2D eigenvalue weighted by Crippen LogP contribution is 2.26. The Morgan fingerprint density at radius 1 is 0.952 bits per heavy atom. The van der Waals surface area contributed by atoms with Crippen molar-refractivity contribution >= 4 is 17.8 Å². The van der Waals surface area contributed by atoms with Gasteiger partial charge in [-0.2, -0.15) is 0 Å². The van der Waals surface area contributed by atoms with Gasteiger partial charge in [0, 0.05) is 36.4 Å². The molecule has 21 heavy (non-hydrogen) atoms. The summed E-state index contributed by atoms with van der Waals surface area (Å²) < 4.78 is 0. The maximum atomic E-state index is 5.97. The number of halogens is 1. The molecular weight excluding hydrogens is 280 g/mol. The fraction of sp³-hybridized carbons (Fsp3) is 0.0556. The molecule has 0 saturated heterocycles. The second kappa shape index (κ2) is 6.42. The Morgan fingerprint density at radius 2 is 1.76 bits per heavy atom. The zero-order chi connectivity index (χ0) is 14.5. The van der Waals surface area contributed by atoms with Crippen LogP contribution in [0.2, 0.25) is 5.02 Å². The lowest BCUT2D eigenvalue weighted by atomic mass is 9.99. The molecule has 0 bridgehead atoms. The first-order chi connectivity index (χ1) is 10.3. The first-order valence-corrected chi connectivity index (χ1v) is 7.17. The number of aliphatic imine (C=N–C) groups is 1. The maximum Gasteiger partial charge on any atom is 0.0477 e. The highest BCUT2D eigenvalue weighted by Gasteiger charge is 2.07. The summed E-state index contributed by atoms with van der Waals surface area (Å²) in [6.07, 6.45) is 9.50. The molecule has 3 heteroatoms. The minimum Gasteiger partial charge on any atom is -0.348 e. The molecule has 0 fully saturated rings. The fourth-order valence-corrected chi connectivity index (χ4v) is 2.42. The predicted molar refractivity (Wildman–Crippen MR) is 89.2 cm³/mol. The molecule has 0 spiro atoms. The molecular formula is C18H15ClN2. The average molecular weight is 295 g/mol. The van der Waals surface area contributed by atoms with Gasteiger partial charge in [-0.1, -0.05) is 48.0 Å². The first-order valence-electron chi connectivity index (χ1n) is 6.79. The molecule has 0 saturated carbocycles. The van der Waals surface area contributed by atoms with Gasteiger partial charge in [-0.15, -0.1) is 0 Å². The SMILES string of the molecule is Clc1ccc(-c2ccccc2CN2C=CC=NC=C2)cc1. The van der Waals surface area contributed by atoms with E-state index in [0.717, 1.165) is 11.6 Å². The van der Waals surface area contributed by atoms with E-state index in [1.807, 2.05) is 30.6 Å². The Balaban J connectivity index is 1.91. The molecule has 0 N–H and O–H groups in total. The highest BCUT2D eigenvalue weighted by molar-refractivity contribution is 6.30. The highest BCUT2D eigenvalue weighted by atomic mass is 35.5. The van der Waals surface area contributed by atoms with Gasteiger partial charge >= 0.3 is 0 Å². The van der Waals surface area contributed by atoms with Gasteiger partial charge in [0.05, 0.1) is 0 Å². The Morgan fingerprint density at radius 3 is 2.62 bits per heavy atom. The Hall–Kier alpha value is -2.32. The van der Waals surface area contributed by atoms with Crippen molar-refractivity contribution in [3.05, 3.63) is 83.8 Å². The van der Waals surface area contributed by atoms with Crippen LogP contribution in [0.25, 0.3) is 11.1 Å². The van der Waals surface area contributed by atoms with Crippen molar-refractivity contribution in [1.82, 2.24) is 4.90 Å². The number of hydrogen-bond donors (Lipinski definition) is 0. The van der Waals surface area contributed by atoms with Crippen molar-refractivity contribution in [3.8, 4) is 11.1 Å². The molecule has 0 radical (unpaired) electrons. The summed E-state index contributed by atoms with van der Waals surface area (Å²) in [4.78, 5) is 6.22. The minimum atomic E-state index is 0.756. The van der Waals surface area contributed by atoms with E-state index >= 15 is 0 Å². The van der Waals surface area contributed by atoms with Crippen LogP contribution in [0.4, 0.5) is 0 Å². The van der Waals surface area contributed by atoms with Gasteiger partial charge in [-0.05, 0) is 34.9 Å². The van der Waals surface area contributed by atoms with Gasteiger partial charge in [-0.3, -0.25) is 4.99 Å². The van der Waals surface area contributed by atoms with Gasteiger partial charge in [0.15, 0.2) is 0 Å². The van der Waals surface area contributed by atoms with Crippen LogP contribution >= 0.6 is 11.6 Å². The van der Waals surface area contributed by atoms with Gasteiger partial charge in [-0.25, -0.2) is 0 Å². The second-order valence-corrected chi connectivity index (χ2v) is 5.21. The lowest BCUT2D eigenvalue weighted by Crippen LogP contribution is -2.09. The van der Waals surface area contributed by atoms with Crippen molar-refractivity contribution in [3.63, 3.8) is 0 Å². The van der Waals surface area contributed by atoms with Crippen LogP contribution in [0, 0.1) is 0 Å². The molecule has 2 aromatic carbocycles. The van der Waals surface area contributed by atoms with E-state index in [1.165, 1.54) is 16.7 Å². The van der Waals surface area contributed by atoms with Crippen molar-refractivity contribution in [2.75, 3.05) is 0 Å². The van der Waals surface area contributed by atoms with Crippen LogP contribution in [-0.4, -0.2) is 11.1 Å². The van der Waals surface area contributed by atoms with E-state index in [1.54, 1.807) is 12.4 Å². The number of benzene rings is 2. The molecule has 2 aromatic rings. The van der Waals surface area contributed by atoms with Crippen LogP contribution in [0.5, 0.6) is 0 Å². The minimum absolute atomic E-state index is 0.756. The summed E-state index contributed by atoms with van der Waals surface area (Å²) in [6, 6.07) is 16.4. The van der Waals surface area contributed by atoms with Crippen LogP contribution in [-0.2, 0) is 6.54 Å². The van der Waals surface area contributed by atoms with Crippen LogP contribution in [0.1, 0.15) is 5.56 Å². The lowest BCUT2D eigenvalue weighted by Gasteiger charge is -2.17. The lowest BCUT2D eigenvalue weighted by molar-refractivity contribution is 0.502. The largest absolute Gasteiger partial charge is 0.348 e. The molecule has 0 aromatic heterocycles. The van der Waals surface area contributed by atoms with Crippen molar-refractivity contribution in [2.24, 2.45) is 4.99 Å². The topological polar surface area (TPSA) is 15.6 Å². The van der Waals surface area contributed by atoms with E-state index in [2.05, 4.69) is 46.3 Å². The summed E-state index contributed by atoms with van der Waals surface area (Å²) in [5, 5.41) is 0.756. The molecule has 2 nitrogen and oxygen atoms in total. The van der Waals surface area contributed by atoms with E-state index in [-0.39, 0.29) is 0 Å². The molecule has 0 amide bonds. The maximum absolute atomic E-state index is 5.97. The Bertz CT molecular complexity index is 683. The smallest absolute Gasteiger partial charge is 0.0477 e. The molecule has 1 heterocycles. The van der Waals surface area contributed by atoms with Crippen LogP contribution in [0.15, 0.2) is 78.2 Å². The van der Waals surface area contributed by atoms with Crippen molar-refractivity contribution in [1.29, 1.82) is 0 Å². The van der Waals surface area contributed by atoms with Crippen molar-refractivity contribution in [2.45, 2.75) is 6.54 Å². The van der Waals surface area contributed by atoms with Crippen molar-refractivity contribution < 1.29 is 0 Å². The first kappa shape index (κ1) is 13.7. The summed E-state index contributed by atoms with van der Waals surface area (Å²) >= 11 is 5.97. The summed E-state index contributed by atoms with van der Waals surface area (Å²) in [6.45, 7) is 0.801. The second-order valence-electron chi connectivity index (χ2n) is 4.77. The number of allylic oxidation sites excluding steroid dienone is 1. The van der Waals surface area contributed by atoms with Crippen LogP contribution in [0.3, 0.4) is 0 Å². The quantitative estimate of drug-likeness (QED) is 0.788. The summed E-state index contributed by atoms with van der Waals surface area (Å²) in [7, 11) is 0. The van der Waals surface area contributed by atoms with E-state index in [4.69, 9.17) is 11.6 Å². The van der Waals surface area contributed by atoms with E-state index in [0.29, 0.717) is 0 Å². The molecule has 3 rings (SSSR count). The molecule has 0 unspecified atom stereocenters. The third kappa shape index (κ3) is 3.41. The molecule has 1 aliphatic rings. The number of hydrogen-bond acceptors (Lipinski definition) is 2. The molecule has 1 aliphatic heterocycles. The summed E-state index contributed by atoms with van der Waals surface area (Å²) in [5.74, 6) is 0. The van der Waals surface area contributed by atoms with E-state index in [9.17, 15) is 0 Å². The Kier molecular flexibility index (Phi) is 4.17. The monoisotopic (exact) mass is 294 g/mol. The fourth-order valence-electron chi connectivity index (χ4n) is 2.29. The molecule has 0 aliphatic carbocycles. The van der Waals surface area contributed by atoms with Gasteiger partial charge in [0.25, 0.3) is 0 Å². The normalized spacial score (nSPS) is 13.5. The predicted octanol–water partition coefficient (Wildman–Crippen LogP) is 4.88. The average Bonchev–Trinajstić information content (AvgIpc) is 2.78. The molecule has 104 valence electrons. The number of rotatable bonds is 3. The zero-order valence-corrected chi connectivity index (χ0v) is 12.2. The zero-order valence-electron chi connectivity index (χ0n) is 11.5. The third-order valence-corrected chi connectivity index (χ3v) is 3.57. The van der Waals surface area contributed by atoms with Gasteiger partial charge in [0.1, 0.15) is 0 Å². The summed E-state index contributed by atoms with van der Waals surface area (Å²) in [5.41, 5.74) is 3.66.